The monoisotopic (exact) mass is 152 g/mol. The number of nitriles is 2. The maximum absolute atomic E-state index is 8.67. The van der Waals surface area contributed by atoms with Crippen LogP contribution < -0.4 is 0 Å². The van der Waals surface area contributed by atoms with Crippen LogP contribution in [0.1, 0.15) is 0 Å². The molecule has 0 heterocycles. The molecule has 0 saturated heterocycles. The van der Waals surface area contributed by atoms with E-state index in [1.807, 2.05) is 12.2 Å². The molecule has 2 aliphatic carbocycles. The molecule has 2 rings (SSSR count). The third kappa shape index (κ3) is 0.667. The zero-order valence-electron chi connectivity index (χ0n) is 6.20. The topological polar surface area (TPSA) is 47.6 Å². The molecule has 0 amide bonds. The minimum absolute atomic E-state index is 0.645. The molecule has 12 heavy (non-hydrogen) atoms. The largest absolute Gasteiger partial charge is 0.192 e. The molecule has 0 aromatic rings. The average molecular weight is 152 g/mol. The number of rotatable bonds is 0. The molecule has 0 aliphatic heterocycles. The molecule has 0 bridgehead atoms. The summed E-state index contributed by atoms with van der Waals surface area (Å²) in [6.45, 7) is 0. The molecule has 2 heteroatoms. The van der Waals surface area contributed by atoms with Crippen molar-refractivity contribution in [2.75, 3.05) is 0 Å². The van der Waals surface area contributed by atoms with Crippen LogP contribution in [0.4, 0.5) is 0 Å². The lowest BCUT2D eigenvalue weighted by Crippen LogP contribution is -1.84. The van der Waals surface area contributed by atoms with Crippen molar-refractivity contribution in [1.82, 2.24) is 0 Å². The normalized spacial score (nSPS) is 18.2. The maximum Gasteiger partial charge on any atom is 0.0998 e. The van der Waals surface area contributed by atoms with E-state index in [9.17, 15) is 0 Å². The first-order valence-corrected chi connectivity index (χ1v) is 3.52. The van der Waals surface area contributed by atoms with Crippen molar-refractivity contribution in [3.8, 4) is 12.1 Å². The second-order valence-electron chi connectivity index (χ2n) is 2.54. The minimum atomic E-state index is 0.645. The fraction of sp³-hybridized carbons (Fsp3) is 0. The van der Waals surface area contributed by atoms with Gasteiger partial charge in [0, 0.05) is 11.1 Å². The van der Waals surface area contributed by atoms with Crippen LogP contribution in [0.15, 0.2) is 46.6 Å². The Morgan fingerprint density at radius 2 is 1.17 bits per heavy atom. The summed E-state index contributed by atoms with van der Waals surface area (Å²) in [6.07, 6.45) is 7.11. The van der Waals surface area contributed by atoms with Gasteiger partial charge in [0.25, 0.3) is 0 Å². The van der Waals surface area contributed by atoms with Gasteiger partial charge < -0.3 is 0 Å². The lowest BCUT2D eigenvalue weighted by Gasteiger charge is -1.95. The van der Waals surface area contributed by atoms with E-state index in [1.165, 1.54) is 0 Å². The van der Waals surface area contributed by atoms with E-state index in [0.717, 1.165) is 11.1 Å². The van der Waals surface area contributed by atoms with Crippen LogP contribution in [0.2, 0.25) is 0 Å². The standard InChI is InChI=1S/C10H4N2/c11-5-7-1-3-9-8(6-12)2-4-10(7)9/h1-4H. The molecule has 0 aromatic heterocycles. The van der Waals surface area contributed by atoms with E-state index in [2.05, 4.69) is 12.1 Å². The Balaban J connectivity index is 2.44. The lowest BCUT2D eigenvalue weighted by molar-refractivity contribution is 1.45. The summed E-state index contributed by atoms with van der Waals surface area (Å²) in [6, 6.07) is 4.16. The Labute approximate surface area is 70.0 Å². The summed E-state index contributed by atoms with van der Waals surface area (Å²) < 4.78 is 0. The fourth-order valence-electron chi connectivity index (χ4n) is 1.36. The molecule has 54 valence electrons. The molecule has 2 nitrogen and oxygen atoms in total. The quantitative estimate of drug-likeness (QED) is 0.531. The van der Waals surface area contributed by atoms with E-state index in [0.29, 0.717) is 11.1 Å². The summed E-state index contributed by atoms with van der Waals surface area (Å²) in [7, 11) is 0. The highest BCUT2D eigenvalue weighted by Crippen LogP contribution is 2.34. The third-order valence-electron chi connectivity index (χ3n) is 1.94. The highest BCUT2D eigenvalue weighted by atomic mass is 14.3. The summed E-state index contributed by atoms with van der Waals surface area (Å²) in [4.78, 5) is 0. The molecule has 0 N–H and O–H groups in total. The van der Waals surface area contributed by atoms with E-state index in [4.69, 9.17) is 10.5 Å². The number of allylic oxidation sites excluding steroid dienone is 8. The van der Waals surface area contributed by atoms with Gasteiger partial charge in [0.15, 0.2) is 0 Å². The number of hydrogen-bond donors (Lipinski definition) is 0. The van der Waals surface area contributed by atoms with Crippen molar-refractivity contribution in [3.05, 3.63) is 46.6 Å². The first-order valence-electron chi connectivity index (χ1n) is 3.52. The average Bonchev–Trinajstić information content (AvgIpc) is 2.62. The molecular weight excluding hydrogens is 148 g/mol. The first-order chi connectivity index (χ1) is 5.86. The molecule has 0 spiro atoms. The van der Waals surface area contributed by atoms with Gasteiger partial charge >= 0.3 is 0 Å². The fourth-order valence-corrected chi connectivity index (χ4v) is 1.36. The molecule has 0 atom stereocenters. The molecule has 0 radical (unpaired) electrons. The Bertz CT molecular complexity index is 401. The van der Waals surface area contributed by atoms with Crippen LogP contribution in [0.25, 0.3) is 0 Å². The zero-order valence-corrected chi connectivity index (χ0v) is 6.20. The molecular formula is C10H4N2. The number of nitrogens with zero attached hydrogens (tertiary/aromatic N) is 2. The molecule has 0 aromatic carbocycles. The van der Waals surface area contributed by atoms with Gasteiger partial charge in [-0.15, -0.1) is 0 Å². The van der Waals surface area contributed by atoms with E-state index >= 15 is 0 Å². The van der Waals surface area contributed by atoms with Crippen LogP contribution in [-0.4, -0.2) is 0 Å². The van der Waals surface area contributed by atoms with Crippen LogP contribution in [0.3, 0.4) is 0 Å². The van der Waals surface area contributed by atoms with Gasteiger partial charge in [-0.25, -0.2) is 0 Å². The van der Waals surface area contributed by atoms with Crippen LogP contribution in [0, 0.1) is 22.7 Å². The molecule has 0 saturated carbocycles. The second-order valence-corrected chi connectivity index (χ2v) is 2.54. The highest BCUT2D eigenvalue weighted by molar-refractivity contribution is 5.74. The van der Waals surface area contributed by atoms with E-state index < -0.39 is 0 Å². The SMILES string of the molecule is N#CC1=CC=C2C(C#N)=CC=C12. The number of hydrogen-bond acceptors (Lipinski definition) is 2. The maximum atomic E-state index is 8.67. The van der Waals surface area contributed by atoms with Gasteiger partial charge in [-0.1, -0.05) is 12.2 Å². The van der Waals surface area contributed by atoms with E-state index in [-0.39, 0.29) is 0 Å². The minimum Gasteiger partial charge on any atom is -0.192 e. The Kier molecular flexibility index (Phi) is 1.23. The van der Waals surface area contributed by atoms with Gasteiger partial charge in [0.2, 0.25) is 0 Å². The van der Waals surface area contributed by atoms with Crippen LogP contribution in [-0.2, 0) is 0 Å². The van der Waals surface area contributed by atoms with Gasteiger partial charge in [-0.3, -0.25) is 0 Å². The van der Waals surface area contributed by atoms with Crippen molar-refractivity contribution in [2.24, 2.45) is 0 Å². The predicted molar refractivity (Wildman–Crippen MR) is 43.6 cm³/mol. The second kappa shape index (κ2) is 2.22. The van der Waals surface area contributed by atoms with E-state index in [1.54, 1.807) is 12.2 Å². The summed E-state index contributed by atoms with van der Waals surface area (Å²) in [5.41, 5.74) is 3.06. The molecule has 2 aliphatic rings. The van der Waals surface area contributed by atoms with Gasteiger partial charge in [-0.05, 0) is 12.2 Å². The van der Waals surface area contributed by atoms with Crippen LogP contribution >= 0.6 is 0 Å². The van der Waals surface area contributed by atoms with Gasteiger partial charge in [0.1, 0.15) is 0 Å². The Morgan fingerprint density at radius 3 is 1.50 bits per heavy atom. The van der Waals surface area contributed by atoms with Gasteiger partial charge in [-0.2, -0.15) is 10.5 Å². The Morgan fingerprint density at radius 1 is 0.750 bits per heavy atom. The summed E-state index contributed by atoms with van der Waals surface area (Å²) in [5.74, 6) is 0. The zero-order chi connectivity index (χ0) is 8.55. The van der Waals surface area contributed by atoms with Crippen molar-refractivity contribution >= 4 is 0 Å². The molecule has 0 unspecified atom stereocenters. The van der Waals surface area contributed by atoms with Crippen molar-refractivity contribution in [3.63, 3.8) is 0 Å². The Hall–Kier alpha value is -2.06. The lowest BCUT2D eigenvalue weighted by atomic mass is 10.0. The van der Waals surface area contributed by atoms with Crippen molar-refractivity contribution < 1.29 is 0 Å². The number of fused-ring (bicyclic) bond motifs is 1. The third-order valence-corrected chi connectivity index (χ3v) is 1.94. The highest BCUT2D eigenvalue weighted by Gasteiger charge is 2.21. The van der Waals surface area contributed by atoms with Crippen molar-refractivity contribution in [2.45, 2.75) is 0 Å². The molecule has 0 fully saturated rings. The smallest absolute Gasteiger partial charge is 0.0998 e. The van der Waals surface area contributed by atoms with Gasteiger partial charge in [0.05, 0.1) is 23.3 Å². The van der Waals surface area contributed by atoms with Crippen LogP contribution in [0.5, 0.6) is 0 Å². The summed E-state index contributed by atoms with van der Waals surface area (Å²) >= 11 is 0. The summed E-state index contributed by atoms with van der Waals surface area (Å²) in [5, 5.41) is 17.3. The predicted octanol–water partition coefficient (Wildman–Crippen LogP) is 1.77. The van der Waals surface area contributed by atoms with Crippen molar-refractivity contribution in [1.29, 1.82) is 10.5 Å². The first kappa shape index (κ1) is 6.64.